The number of rotatable bonds is 4. The Balaban J connectivity index is 2.18. The van der Waals surface area contributed by atoms with Crippen molar-refractivity contribution >= 4 is 26.0 Å². The fraction of sp³-hybridized carbons (Fsp3) is 0.250. The molecule has 0 saturated heterocycles. The van der Waals surface area contributed by atoms with Gasteiger partial charge in [-0.3, -0.25) is 0 Å². The molecule has 19 heavy (non-hydrogen) atoms. The Hall–Kier alpha value is -1.18. The Morgan fingerprint density at radius 3 is 2.63 bits per heavy atom. The molecule has 0 aliphatic carbocycles. The zero-order valence-corrected chi connectivity index (χ0v) is 12.9. The molecule has 2 rings (SSSR count). The molecule has 0 bridgehead atoms. The highest BCUT2D eigenvalue weighted by Gasteiger charge is 2.18. The summed E-state index contributed by atoms with van der Waals surface area (Å²) in [5.74, 6) is 0.476. The van der Waals surface area contributed by atoms with Crippen LogP contribution in [0.3, 0.4) is 0 Å². The van der Waals surface area contributed by atoms with Crippen LogP contribution in [0.4, 0.5) is 0 Å². The summed E-state index contributed by atoms with van der Waals surface area (Å²) in [6, 6.07) is 6.76. The molecule has 0 spiro atoms. The van der Waals surface area contributed by atoms with Gasteiger partial charge in [0, 0.05) is 10.5 Å². The van der Waals surface area contributed by atoms with Crippen LogP contribution in [0.25, 0.3) is 0 Å². The van der Waals surface area contributed by atoms with E-state index < -0.39 is 10.0 Å². The van der Waals surface area contributed by atoms with Gasteiger partial charge in [-0.2, -0.15) is 0 Å². The van der Waals surface area contributed by atoms with Gasteiger partial charge in [-0.15, -0.1) is 0 Å². The molecule has 1 aromatic heterocycles. The van der Waals surface area contributed by atoms with Gasteiger partial charge in [-0.25, -0.2) is 13.1 Å². The van der Waals surface area contributed by atoms with E-state index in [4.69, 9.17) is 4.52 Å². The molecule has 0 atom stereocenters. The predicted molar refractivity (Wildman–Crippen MR) is 74.1 cm³/mol. The van der Waals surface area contributed by atoms with Crippen LogP contribution in [-0.2, 0) is 16.6 Å². The third-order valence-electron chi connectivity index (χ3n) is 2.49. The monoisotopic (exact) mass is 344 g/mol. The van der Waals surface area contributed by atoms with Crippen molar-refractivity contribution in [3.8, 4) is 0 Å². The van der Waals surface area contributed by atoms with E-state index in [1.807, 2.05) is 6.92 Å². The maximum atomic E-state index is 12.1. The van der Waals surface area contributed by atoms with Crippen LogP contribution in [0.5, 0.6) is 0 Å². The van der Waals surface area contributed by atoms with Gasteiger partial charge in [0.1, 0.15) is 0 Å². The van der Waals surface area contributed by atoms with Crippen LogP contribution in [0.15, 0.2) is 38.2 Å². The predicted octanol–water partition coefficient (Wildman–Crippen LogP) is 2.53. The molecule has 0 aliphatic heterocycles. The molecule has 0 unspecified atom stereocenters. The average molecular weight is 345 g/mol. The van der Waals surface area contributed by atoms with Gasteiger partial charge in [0.15, 0.2) is 5.76 Å². The molecular weight excluding hydrogens is 332 g/mol. The molecule has 2 aromatic rings. The third-order valence-corrected chi connectivity index (χ3v) is 4.87. The molecule has 102 valence electrons. The molecule has 1 aromatic carbocycles. The molecular formula is C12H13BrN2O3S. The van der Waals surface area contributed by atoms with Gasteiger partial charge in [0.2, 0.25) is 10.0 Å². The molecule has 1 N–H and O–H groups in total. The molecule has 0 amide bonds. The number of hydrogen-bond donors (Lipinski definition) is 1. The number of aromatic nitrogens is 1. The van der Waals surface area contributed by atoms with E-state index in [-0.39, 0.29) is 11.4 Å². The highest BCUT2D eigenvalue weighted by molar-refractivity contribution is 9.10. The lowest BCUT2D eigenvalue weighted by Gasteiger charge is -2.07. The molecule has 0 aliphatic rings. The van der Waals surface area contributed by atoms with Gasteiger partial charge in [-0.1, -0.05) is 11.2 Å². The highest BCUT2D eigenvalue weighted by atomic mass is 79.9. The van der Waals surface area contributed by atoms with E-state index in [2.05, 4.69) is 25.8 Å². The standard InChI is InChI=1S/C12H13BrN2O3S/c1-8-3-4-12(11(13)5-8)19(16,17)14-7-10-6-9(2)15-18-10/h3-6,14H,7H2,1-2H3. The summed E-state index contributed by atoms with van der Waals surface area (Å²) in [5, 5.41) is 3.70. The largest absolute Gasteiger partial charge is 0.360 e. The van der Waals surface area contributed by atoms with Crippen molar-refractivity contribution < 1.29 is 12.9 Å². The number of aryl methyl sites for hydroxylation is 2. The number of nitrogens with zero attached hydrogens (tertiary/aromatic N) is 1. The van der Waals surface area contributed by atoms with Crippen LogP contribution < -0.4 is 4.72 Å². The minimum Gasteiger partial charge on any atom is -0.360 e. The van der Waals surface area contributed by atoms with Gasteiger partial charge in [-0.05, 0) is 47.5 Å². The topological polar surface area (TPSA) is 72.2 Å². The minimum absolute atomic E-state index is 0.0729. The maximum Gasteiger partial charge on any atom is 0.242 e. The Labute approximate surface area is 120 Å². The first kappa shape index (κ1) is 14.2. The summed E-state index contributed by atoms with van der Waals surface area (Å²) in [5.41, 5.74) is 1.70. The van der Waals surface area contributed by atoms with Crippen molar-refractivity contribution in [2.24, 2.45) is 0 Å². The van der Waals surface area contributed by atoms with E-state index >= 15 is 0 Å². The SMILES string of the molecule is Cc1ccc(S(=O)(=O)NCc2cc(C)no2)c(Br)c1. The van der Waals surface area contributed by atoms with Crippen LogP contribution in [0.2, 0.25) is 0 Å². The van der Waals surface area contributed by atoms with Crippen LogP contribution >= 0.6 is 15.9 Å². The molecule has 0 saturated carbocycles. The number of halogens is 1. The van der Waals surface area contributed by atoms with Crippen molar-refractivity contribution in [1.29, 1.82) is 0 Å². The van der Waals surface area contributed by atoms with Crippen LogP contribution in [0, 0.1) is 13.8 Å². The first-order valence-electron chi connectivity index (χ1n) is 5.56. The zero-order valence-electron chi connectivity index (χ0n) is 10.5. The van der Waals surface area contributed by atoms with E-state index in [0.717, 1.165) is 5.56 Å². The first-order valence-corrected chi connectivity index (χ1v) is 7.84. The average Bonchev–Trinajstić information content (AvgIpc) is 2.72. The van der Waals surface area contributed by atoms with Gasteiger partial charge in [0.25, 0.3) is 0 Å². The summed E-state index contributed by atoms with van der Waals surface area (Å²) >= 11 is 3.26. The maximum absolute atomic E-state index is 12.1. The first-order chi connectivity index (χ1) is 8.88. The van der Waals surface area contributed by atoms with Crippen LogP contribution in [-0.4, -0.2) is 13.6 Å². The van der Waals surface area contributed by atoms with Crippen molar-refractivity contribution in [3.63, 3.8) is 0 Å². The lowest BCUT2D eigenvalue weighted by atomic mass is 10.2. The van der Waals surface area contributed by atoms with E-state index in [1.165, 1.54) is 0 Å². The van der Waals surface area contributed by atoms with E-state index in [1.54, 1.807) is 31.2 Å². The Bertz CT molecular complexity index is 695. The van der Waals surface area contributed by atoms with Crippen LogP contribution in [0.1, 0.15) is 17.0 Å². The molecule has 0 fully saturated rings. The van der Waals surface area contributed by atoms with Crippen molar-refractivity contribution in [2.45, 2.75) is 25.3 Å². The summed E-state index contributed by atoms with van der Waals surface area (Å²) < 4.78 is 32.2. The van der Waals surface area contributed by atoms with Crippen molar-refractivity contribution in [1.82, 2.24) is 9.88 Å². The van der Waals surface area contributed by atoms with Crippen molar-refractivity contribution in [2.75, 3.05) is 0 Å². The van der Waals surface area contributed by atoms with E-state index in [0.29, 0.717) is 15.9 Å². The lowest BCUT2D eigenvalue weighted by molar-refractivity contribution is 0.377. The second kappa shape index (κ2) is 5.44. The van der Waals surface area contributed by atoms with E-state index in [9.17, 15) is 8.42 Å². The number of nitrogens with one attached hydrogen (secondary N) is 1. The quantitative estimate of drug-likeness (QED) is 0.924. The fourth-order valence-corrected chi connectivity index (χ4v) is 3.75. The Morgan fingerprint density at radius 1 is 1.32 bits per heavy atom. The summed E-state index contributed by atoms with van der Waals surface area (Å²) in [4.78, 5) is 0.203. The number of hydrogen-bond acceptors (Lipinski definition) is 4. The third kappa shape index (κ3) is 3.43. The lowest BCUT2D eigenvalue weighted by Crippen LogP contribution is -2.23. The Kier molecular flexibility index (Phi) is 4.07. The molecule has 7 heteroatoms. The number of benzene rings is 1. The zero-order chi connectivity index (χ0) is 14.0. The second-order valence-corrected chi connectivity index (χ2v) is 6.78. The summed E-state index contributed by atoms with van der Waals surface area (Å²) in [7, 11) is -3.58. The highest BCUT2D eigenvalue weighted by Crippen LogP contribution is 2.23. The summed E-state index contributed by atoms with van der Waals surface area (Å²) in [6.07, 6.45) is 0. The van der Waals surface area contributed by atoms with Gasteiger partial charge >= 0.3 is 0 Å². The fourth-order valence-electron chi connectivity index (χ4n) is 1.57. The number of sulfonamides is 1. The second-order valence-electron chi connectivity index (χ2n) is 4.19. The molecule has 1 heterocycles. The normalized spacial score (nSPS) is 11.7. The summed E-state index contributed by atoms with van der Waals surface area (Å²) in [6.45, 7) is 3.74. The van der Waals surface area contributed by atoms with Gasteiger partial charge < -0.3 is 4.52 Å². The molecule has 5 nitrogen and oxygen atoms in total. The minimum atomic E-state index is -3.58. The van der Waals surface area contributed by atoms with Crippen molar-refractivity contribution in [3.05, 3.63) is 45.8 Å². The van der Waals surface area contributed by atoms with Gasteiger partial charge in [0.05, 0.1) is 17.1 Å². The molecule has 0 radical (unpaired) electrons. The smallest absolute Gasteiger partial charge is 0.242 e. The Morgan fingerprint density at radius 2 is 2.05 bits per heavy atom.